The second-order valence-corrected chi connectivity index (χ2v) is 4.74. The summed E-state index contributed by atoms with van der Waals surface area (Å²) >= 11 is 5.46. The Bertz CT molecular complexity index is 446. The van der Waals surface area contributed by atoms with E-state index in [2.05, 4.69) is 0 Å². The molecule has 0 radical (unpaired) electrons. The van der Waals surface area contributed by atoms with E-state index in [0.29, 0.717) is 6.07 Å². The maximum atomic E-state index is 13.7. The van der Waals surface area contributed by atoms with Crippen molar-refractivity contribution in [2.24, 2.45) is 0 Å². The van der Waals surface area contributed by atoms with Crippen LogP contribution in [0.2, 0.25) is 5.02 Å². The molecular formula is C11H11ClF2O3. The van der Waals surface area contributed by atoms with E-state index >= 15 is 0 Å². The van der Waals surface area contributed by atoms with Crippen LogP contribution in [0.5, 0.6) is 5.75 Å². The molecular weight excluding hydrogens is 254 g/mol. The number of phenols is 1. The summed E-state index contributed by atoms with van der Waals surface area (Å²) in [6.45, 7) is 2.77. The number of rotatable bonds is 3. The number of benzene rings is 1. The lowest BCUT2D eigenvalue weighted by Gasteiger charge is -2.25. The van der Waals surface area contributed by atoms with Gasteiger partial charge in [-0.15, -0.1) is 0 Å². The molecule has 1 aromatic rings. The van der Waals surface area contributed by atoms with Crippen molar-refractivity contribution in [3.05, 3.63) is 28.3 Å². The first-order valence-corrected chi connectivity index (χ1v) is 5.13. The fourth-order valence-electron chi connectivity index (χ4n) is 1.67. The monoisotopic (exact) mass is 264 g/mol. The van der Waals surface area contributed by atoms with Gasteiger partial charge < -0.3 is 10.2 Å². The minimum atomic E-state index is -1.27. The maximum absolute atomic E-state index is 13.7. The molecule has 0 unspecified atom stereocenters. The Morgan fingerprint density at radius 1 is 1.47 bits per heavy atom. The van der Waals surface area contributed by atoms with Crippen molar-refractivity contribution in [2.75, 3.05) is 0 Å². The lowest BCUT2D eigenvalue weighted by molar-refractivity contribution is -0.138. The molecule has 0 bridgehead atoms. The summed E-state index contributed by atoms with van der Waals surface area (Å²) in [4.78, 5) is 10.6. The van der Waals surface area contributed by atoms with Gasteiger partial charge in [0.25, 0.3) is 0 Å². The Kier molecular flexibility index (Phi) is 3.62. The maximum Gasteiger partial charge on any atom is 0.304 e. The molecule has 1 rings (SSSR count). The van der Waals surface area contributed by atoms with Gasteiger partial charge in [-0.1, -0.05) is 25.4 Å². The fourth-order valence-corrected chi connectivity index (χ4v) is 1.86. The van der Waals surface area contributed by atoms with Crippen LogP contribution < -0.4 is 0 Å². The summed E-state index contributed by atoms with van der Waals surface area (Å²) in [5.41, 5.74) is -1.70. The molecule has 0 fully saturated rings. The van der Waals surface area contributed by atoms with Gasteiger partial charge in [0.1, 0.15) is 5.82 Å². The first-order chi connectivity index (χ1) is 7.66. The Morgan fingerprint density at radius 3 is 2.47 bits per heavy atom. The molecule has 17 heavy (non-hydrogen) atoms. The van der Waals surface area contributed by atoms with E-state index in [1.54, 1.807) is 0 Å². The summed E-state index contributed by atoms with van der Waals surface area (Å²) in [6, 6.07) is 0.645. The molecule has 0 aliphatic rings. The number of phenolic OH excluding ortho intramolecular Hbond substituents is 1. The average Bonchev–Trinajstić information content (AvgIpc) is 2.12. The van der Waals surface area contributed by atoms with Crippen LogP contribution in [-0.2, 0) is 10.2 Å². The number of carboxylic acids is 1. The number of aliphatic carboxylic acids is 1. The topological polar surface area (TPSA) is 57.5 Å². The number of hydrogen-bond donors (Lipinski definition) is 2. The van der Waals surface area contributed by atoms with Gasteiger partial charge in [-0.25, -0.2) is 8.78 Å². The molecule has 6 heteroatoms. The smallest absolute Gasteiger partial charge is 0.304 e. The second kappa shape index (κ2) is 4.49. The highest BCUT2D eigenvalue weighted by Gasteiger charge is 2.33. The molecule has 3 nitrogen and oxygen atoms in total. The van der Waals surface area contributed by atoms with Crippen LogP contribution in [0.3, 0.4) is 0 Å². The molecule has 0 aromatic heterocycles. The molecule has 94 valence electrons. The number of hydrogen-bond acceptors (Lipinski definition) is 2. The van der Waals surface area contributed by atoms with Crippen molar-refractivity contribution < 1.29 is 23.8 Å². The van der Waals surface area contributed by atoms with Gasteiger partial charge in [-0.3, -0.25) is 4.79 Å². The van der Waals surface area contributed by atoms with E-state index in [-0.39, 0.29) is 0 Å². The minimum Gasteiger partial charge on any atom is -0.505 e. The van der Waals surface area contributed by atoms with Crippen molar-refractivity contribution in [2.45, 2.75) is 25.7 Å². The lowest BCUT2D eigenvalue weighted by Crippen LogP contribution is -2.23. The highest BCUT2D eigenvalue weighted by Crippen LogP contribution is 2.39. The van der Waals surface area contributed by atoms with Gasteiger partial charge in [0.2, 0.25) is 0 Å². The lowest BCUT2D eigenvalue weighted by atomic mass is 9.80. The van der Waals surface area contributed by atoms with E-state index < -0.39 is 45.8 Å². The van der Waals surface area contributed by atoms with Crippen LogP contribution in [0.4, 0.5) is 8.78 Å². The van der Waals surface area contributed by atoms with Crippen LogP contribution in [-0.4, -0.2) is 16.2 Å². The molecule has 0 atom stereocenters. The summed E-state index contributed by atoms with van der Waals surface area (Å²) in [5, 5.41) is 17.7. The predicted octanol–water partition coefficient (Wildman–Crippen LogP) is 3.08. The molecule has 0 saturated carbocycles. The number of carbonyl (C=O) groups is 1. The van der Waals surface area contributed by atoms with Gasteiger partial charge in [-0.05, 0) is 6.07 Å². The van der Waals surface area contributed by atoms with Crippen molar-refractivity contribution in [3.8, 4) is 5.75 Å². The quantitative estimate of drug-likeness (QED) is 0.825. The van der Waals surface area contributed by atoms with E-state index in [9.17, 15) is 18.7 Å². The molecule has 1 aromatic carbocycles. The zero-order valence-corrected chi connectivity index (χ0v) is 9.98. The van der Waals surface area contributed by atoms with Gasteiger partial charge in [0, 0.05) is 11.0 Å². The molecule has 0 spiro atoms. The predicted molar refractivity (Wildman–Crippen MR) is 58.3 cm³/mol. The Morgan fingerprint density at radius 2 is 2.00 bits per heavy atom. The zero-order valence-electron chi connectivity index (χ0n) is 9.22. The third-order valence-electron chi connectivity index (χ3n) is 2.42. The van der Waals surface area contributed by atoms with Crippen LogP contribution in [0.15, 0.2) is 6.07 Å². The van der Waals surface area contributed by atoms with Crippen LogP contribution in [0, 0.1) is 11.6 Å². The molecule has 0 amide bonds. The fraction of sp³-hybridized carbons (Fsp3) is 0.364. The molecule has 2 N–H and O–H groups in total. The van der Waals surface area contributed by atoms with Crippen LogP contribution in [0.1, 0.15) is 25.8 Å². The Balaban J connectivity index is 3.44. The molecule has 0 heterocycles. The SMILES string of the molecule is CC(C)(CC(=O)O)c1c(O)c(F)cc(Cl)c1F. The van der Waals surface area contributed by atoms with E-state index in [1.165, 1.54) is 13.8 Å². The van der Waals surface area contributed by atoms with Crippen LogP contribution in [0.25, 0.3) is 0 Å². The average molecular weight is 265 g/mol. The van der Waals surface area contributed by atoms with Crippen LogP contribution >= 0.6 is 11.6 Å². The summed E-state index contributed by atoms with van der Waals surface area (Å²) in [5.74, 6) is -4.17. The second-order valence-electron chi connectivity index (χ2n) is 4.33. The van der Waals surface area contributed by atoms with Crippen molar-refractivity contribution in [1.29, 1.82) is 0 Å². The number of carboxylic acid groups (broad SMARTS) is 1. The third kappa shape index (κ3) is 2.66. The summed E-state index contributed by atoms with van der Waals surface area (Å²) < 4.78 is 27.0. The van der Waals surface area contributed by atoms with E-state index in [0.717, 1.165) is 0 Å². The minimum absolute atomic E-state index is 0.426. The largest absolute Gasteiger partial charge is 0.505 e. The van der Waals surface area contributed by atoms with Crippen molar-refractivity contribution in [1.82, 2.24) is 0 Å². The van der Waals surface area contributed by atoms with Gasteiger partial charge in [0.15, 0.2) is 11.6 Å². The van der Waals surface area contributed by atoms with Crippen molar-refractivity contribution >= 4 is 17.6 Å². The summed E-state index contributed by atoms with van der Waals surface area (Å²) in [6.07, 6.45) is -0.461. The highest BCUT2D eigenvalue weighted by atomic mass is 35.5. The van der Waals surface area contributed by atoms with E-state index in [4.69, 9.17) is 16.7 Å². The number of halogens is 3. The molecule has 0 saturated heterocycles. The van der Waals surface area contributed by atoms with Crippen molar-refractivity contribution in [3.63, 3.8) is 0 Å². The van der Waals surface area contributed by atoms with Gasteiger partial charge >= 0.3 is 5.97 Å². The van der Waals surface area contributed by atoms with E-state index in [1.807, 2.05) is 0 Å². The first-order valence-electron chi connectivity index (χ1n) is 4.75. The Hall–Kier alpha value is -1.36. The summed E-state index contributed by atoms with van der Waals surface area (Å²) in [7, 11) is 0. The first kappa shape index (κ1) is 13.7. The standard InChI is InChI=1S/C11H11ClF2O3/c1-11(2,4-7(15)16)8-9(14)5(12)3-6(13)10(8)17/h3,17H,4H2,1-2H3,(H,15,16). The zero-order chi connectivity index (χ0) is 13.4. The number of aromatic hydroxyl groups is 1. The Labute approximate surface area is 102 Å². The molecule has 0 aliphatic carbocycles. The normalized spacial score (nSPS) is 11.6. The molecule has 0 aliphatic heterocycles. The highest BCUT2D eigenvalue weighted by molar-refractivity contribution is 6.30. The third-order valence-corrected chi connectivity index (χ3v) is 2.69. The van der Waals surface area contributed by atoms with Gasteiger partial charge in [0.05, 0.1) is 11.4 Å². The van der Waals surface area contributed by atoms with Gasteiger partial charge in [-0.2, -0.15) is 0 Å².